The number of phosphoric ester groups is 1. The van der Waals surface area contributed by atoms with Crippen LogP contribution in [-0.2, 0) is 27.9 Å². The number of hydrogen-bond donors (Lipinski definition) is 0. The first-order valence-electron chi connectivity index (χ1n) is 20.9. The Morgan fingerprint density at radius 2 is 1.04 bits per heavy atom. The third-order valence-electron chi connectivity index (χ3n) is 9.07. The number of carbonyl (C=O) groups is 1. The third-order valence-corrected chi connectivity index (χ3v) is 10.0. The van der Waals surface area contributed by atoms with Crippen LogP contribution in [0.2, 0.25) is 0 Å². The van der Waals surface area contributed by atoms with Crippen LogP contribution in [0.15, 0.2) is 12.2 Å². The highest BCUT2D eigenvalue weighted by molar-refractivity contribution is 7.45. The number of likely N-dealkylation sites (N-methyl/N-ethyl adjacent to an activating group) is 1. The van der Waals surface area contributed by atoms with E-state index < -0.39 is 13.9 Å². The molecule has 0 saturated carbocycles. The molecule has 50 heavy (non-hydrogen) atoms. The minimum absolute atomic E-state index is 0.0284. The van der Waals surface area contributed by atoms with Crippen LogP contribution in [0.4, 0.5) is 0 Å². The Morgan fingerprint density at radius 3 is 1.52 bits per heavy atom. The zero-order valence-corrected chi connectivity index (χ0v) is 34.5. The molecule has 0 N–H and O–H groups in total. The summed E-state index contributed by atoms with van der Waals surface area (Å²) in [5.74, 6) is -0.336. The fourth-order valence-electron chi connectivity index (χ4n) is 5.78. The van der Waals surface area contributed by atoms with Crippen LogP contribution in [-0.4, -0.2) is 70.7 Å². The summed E-state index contributed by atoms with van der Waals surface area (Å²) in [7, 11) is 1.36. The SMILES string of the molecule is CCCCCCCC/C=C\CCCCCCCCCCOCC(COP(=O)([O-])OCC[N+](C)(C)C)OC(=O)CCCCCCCCCCCC. The number of phosphoric acid groups is 1. The van der Waals surface area contributed by atoms with E-state index in [9.17, 15) is 14.3 Å². The van der Waals surface area contributed by atoms with E-state index in [4.69, 9.17) is 18.5 Å². The molecule has 0 aliphatic rings. The fraction of sp³-hybridized carbons (Fsp3) is 0.927. The van der Waals surface area contributed by atoms with Gasteiger partial charge in [0.1, 0.15) is 19.3 Å². The molecule has 0 radical (unpaired) electrons. The van der Waals surface area contributed by atoms with Gasteiger partial charge in [-0.05, 0) is 38.5 Å². The van der Waals surface area contributed by atoms with E-state index in [1.165, 1.54) is 135 Å². The van der Waals surface area contributed by atoms with Gasteiger partial charge in [0, 0.05) is 13.0 Å². The average molecular weight is 732 g/mol. The van der Waals surface area contributed by atoms with E-state index in [0.717, 1.165) is 32.1 Å². The zero-order valence-electron chi connectivity index (χ0n) is 33.6. The number of esters is 1. The van der Waals surface area contributed by atoms with Crippen LogP contribution in [0.1, 0.15) is 187 Å². The number of rotatable bonds is 39. The maximum Gasteiger partial charge on any atom is 0.306 e. The maximum absolute atomic E-state index is 12.6. The number of hydrogen-bond acceptors (Lipinski definition) is 7. The molecule has 0 bridgehead atoms. The first-order chi connectivity index (χ1) is 24.1. The lowest BCUT2D eigenvalue weighted by atomic mass is 10.1. The van der Waals surface area contributed by atoms with Gasteiger partial charge in [-0.15, -0.1) is 0 Å². The quantitative estimate of drug-likeness (QED) is 0.0204. The molecule has 0 aromatic carbocycles. The van der Waals surface area contributed by atoms with Gasteiger partial charge in [-0.25, -0.2) is 0 Å². The molecular weight excluding hydrogens is 649 g/mol. The molecule has 0 aliphatic heterocycles. The minimum atomic E-state index is -4.51. The smallest absolute Gasteiger partial charge is 0.306 e. The maximum atomic E-state index is 12.6. The number of allylic oxidation sites excluding steroid dienone is 2. The molecule has 0 aromatic rings. The van der Waals surface area contributed by atoms with Crippen LogP contribution < -0.4 is 4.89 Å². The number of ether oxygens (including phenoxy) is 2. The van der Waals surface area contributed by atoms with Crippen molar-refractivity contribution in [3.05, 3.63) is 12.2 Å². The molecule has 298 valence electrons. The largest absolute Gasteiger partial charge is 0.756 e. The highest BCUT2D eigenvalue weighted by Crippen LogP contribution is 2.38. The van der Waals surface area contributed by atoms with E-state index in [0.29, 0.717) is 24.1 Å². The Bertz CT molecular complexity index is 817. The van der Waals surface area contributed by atoms with Gasteiger partial charge in [0.25, 0.3) is 7.82 Å². The standard InChI is InChI=1S/C41H82NO7P/c1-6-8-10-12-14-16-18-19-20-21-22-23-24-25-27-29-31-33-36-46-38-40(39-48-50(44,45)47-37-35-42(3,4)5)49-41(43)34-32-30-28-26-17-15-13-11-9-7-2/h19-20,40H,6-18,21-39H2,1-5H3/b20-19-. The lowest BCUT2D eigenvalue weighted by Gasteiger charge is -2.28. The van der Waals surface area contributed by atoms with Crippen molar-refractivity contribution in [2.24, 2.45) is 0 Å². The molecule has 2 unspecified atom stereocenters. The normalized spacial score (nSPS) is 14.0. The predicted molar refractivity (Wildman–Crippen MR) is 208 cm³/mol. The Morgan fingerprint density at radius 1 is 0.600 bits per heavy atom. The summed E-state index contributed by atoms with van der Waals surface area (Å²) in [6.07, 6.45) is 36.5. The summed E-state index contributed by atoms with van der Waals surface area (Å²) in [6.45, 7) is 5.41. The topological polar surface area (TPSA) is 94.1 Å². The van der Waals surface area contributed by atoms with Gasteiger partial charge in [0.05, 0.1) is 34.4 Å². The van der Waals surface area contributed by atoms with E-state index in [1.54, 1.807) is 0 Å². The van der Waals surface area contributed by atoms with Crippen LogP contribution in [0.3, 0.4) is 0 Å². The molecule has 0 saturated heterocycles. The molecule has 2 atom stereocenters. The van der Waals surface area contributed by atoms with Gasteiger partial charge in [0.2, 0.25) is 0 Å². The summed E-state index contributed by atoms with van der Waals surface area (Å²) < 4.78 is 34.5. The first-order valence-corrected chi connectivity index (χ1v) is 22.4. The van der Waals surface area contributed by atoms with E-state index >= 15 is 0 Å². The Hall–Kier alpha value is -0.760. The fourth-order valence-corrected chi connectivity index (χ4v) is 6.50. The lowest BCUT2D eigenvalue weighted by molar-refractivity contribution is -0.870. The first kappa shape index (κ1) is 49.2. The van der Waals surface area contributed by atoms with Crippen LogP contribution in [0, 0.1) is 0 Å². The van der Waals surface area contributed by atoms with E-state index in [1.807, 2.05) is 21.1 Å². The Balaban J connectivity index is 4.18. The second-order valence-corrected chi connectivity index (χ2v) is 16.8. The summed E-state index contributed by atoms with van der Waals surface area (Å²) in [6, 6.07) is 0. The molecule has 9 heteroatoms. The summed E-state index contributed by atoms with van der Waals surface area (Å²) >= 11 is 0. The highest BCUT2D eigenvalue weighted by atomic mass is 31.2. The molecule has 0 spiro atoms. The van der Waals surface area contributed by atoms with E-state index in [2.05, 4.69) is 26.0 Å². The second-order valence-electron chi connectivity index (χ2n) is 15.4. The Kier molecular flexibility index (Phi) is 34.7. The molecule has 0 fully saturated rings. The van der Waals surface area contributed by atoms with Gasteiger partial charge in [-0.3, -0.25) is 9.36 Å². The van der Waals surface area contributed by atoms with Crippen molar-refractivity contribution in [2.45, 2.75) is 193 Å². The molecule has 0 heterocycles. The number of unbranched alkanes of at least 4 members (excludes halogenated alkanes) is 23. The van der Waals surface area contributed by atoms with Crippen LogP contribution in [0.5, 0.6) is 0 Å². The second kappa shape index (κ2) is 35.3. The minimum Gasteiger partial charge on any atom is -0.756 e. The summed E-state index contributed by atoms with van der Waals surface area (Å²) in [5.41, 5.74) is 0. The number of nitrogens with zero attached hydrogens (tertiary/aromatic N) is 1. The third kappa shape index (κ3) is 38.5. The highest BCUT2D eigenvalue weighted by Gasteiger charge is 2.20. The molecule has 0 rings (SSSR count). The zero-order chi connectivity index (χ0) is 37.0. The van der Waals surface area contributed by atoms with E-state index in [-0.39, 0.29) is 25.8 Å². The van der Waals surface area contributed by atoms with Crippen molar-refractivity contribution < 1.29 is 37.3 Å². The van der Waals surface area contributed by atoms with Gasteiger partial charge >= 0.3 is 5.97 Å². The van der Waals surface area contributed by atoms with Gasteiger partial charge in [-0.2, -0.15) is 0 Å². The summed E-state index contributed by atoms with van der Waals surface area (Å²) in [4.78, 5) is 24.9. The molecule has 0 amide bonds. The van der Waals surface area contributed by atoms with Crippen molar-refractivity contribution in [1.82, 2.24) is 0 Å². The number of quaternary nitrogens is 1. The Labute approximate surface area is 310 Å². The molecule has 0 aliphatic carbocycles. The summed E-state index contributed by atoms with van der Waals surface area (Å²) in [5, 5.41) is 0. The molecular formula is C41H82NO7P. The molecule has 0 aromatic heterocycles. The number of carbonyl (C=O) groups excluding carboxylic acids is 1. The van der Waals surface area contributed by atoms with Gasteiger partial charge in [0.15, 0.2) is 0 Å². The lowest BCUT2D eigenvalue weighted by Crippen LogP contribution is -2.37. The van der Waals surface area contributed by atoms with Crippen LogP contribution in [0.25, 0.3) is 0 Å². The van der Waals surface area contributed by atoms with Crippen molar-refractivity contribution in [3.63, 3.8) is 0 Å². The predicted octanol–water partition coefficient (Wildman–Crippen LogP) is 11.3. The van der Waals surface area contributed by atoms with Gasteiger partial charge < -0.3 is 27.9 Å². The van der Waals surface area contributed by atoms with Crippen molar-refractivity contribution in [2.75, 3.05) is 54.1 Å². The van der Waals surface area contributed by atoms with Gasteiger partial charge in [-0.1, -0.05) is 154 Å². The van der Waals surface area contributed by atoms with Crippen molar-refractivity contribution >= 4 is 13.8 Å². The van der Waals surface area contributed by atoms with Crippen molar-refractivity contribution in [3.8, 4) is 0 Å². The van der Waals surface area contributed by atoms with Crippen molar-refractivity contribution in [1.29, 1.82) is 0 Å². The monoisotopic (exact) mass is 732 g/mol. The molecule has 8 nitrogen and oxygen atoms in total. The van der Waals surface area contributed by atoms with Crippen LogP contribution >= 0.6 is 7.82 Å². The average Bonchev–Trinajstić information content (AvgIpc) is 3.06.